The number of aromatic nitrogens is 3. The fraction of sp³-hybridized carbons (Fsp3) is 0. The summed E-state index contributed by atoms with van der Waals surface area (Å²) in [6.07, 6.45) is 0. The van der Waals surface area contributed by atoms with Gasteiger partial charge in [-0.05, 0) is 40.2 Å². The first kappa shape index (κ1) is 13.6. The highest BCUT2D eigenvalue weighted by molar-refractivity contribution is 9.10. The number of benzene rings is 2. The Labute approximate surface area is 124 Å². The van der Waals surface area contributed by atoms with Crippen LogP contribution in [0.3, 0.4) is 0 Å². The molecule has 0 fully saturated rings. The number of aromatic carboxylic acids is 1. The Bertz CT molecular complexity index is 879. The Kier molecular flexibility index (Phi) is 3.17. The van der Waals surface area contributed by atoms with Crippen molar-refractivity contribution < 1.29 is 18.7 Å². The second kappa shape index (κ2) is 4.88. The maximum Gasteiger partial charge on any atom is 0.335 e. The normalized spacial score (nSPS) is 11.0. The number of nitrogens with zero attached hydrogens (tertiary/aromatic N) is 3. The van der Waals surface area contributed by atoms with Crippen LogP contribution >= 0.6 is 15.9 Å². The summed E-state index contributed by atoms with van der Waals surface area (Å²) in [5, 5.41) is 16.6. The summed E-state index contributed by atoms with van der Waals surface area (Å²) in [6, 6.07) is 6.11. The lowest BCUT2D eigenvalue weighted by molar-refractivity contribution is 0.0697. The molecule has 0 saturated heterocycles. The van der Waals surface area contributed by atoms with Gasteiger partial charge >= 0.3 is 5.97 Å². The Morgan fingerprint density at radius 3 is 2.67 bits per heavy atom. The average molecular weight is 354 g/mol. The fourth-order valence-corrected chi connectivity index (χ4v) is 2.24. The van der Waals surface area contributed by atoms with Crippen LogP contribution in [0.2, 0.25) is 0 Å². The van der Waals surface area contributed by atoms with E-state index < -0.39 is 17.6 Å². The number of carbonyl (C=O) groups is 1. The molecule has 2 aromatic carbocycles. The number of hydrogen-bond donors (Lipinski definition) is 1. The maximum absolute atomic E-state index is 13.9. The summed E-state index contributed by atoms with van der Waals surface area (Å²) in [5.74, 6) is -2.69. The SMILES string of the molecule is O=C(O)c1ccc2nnn(-c3cc(Br)c(F)cc3F)c2c1. The molecule has 0 aliphatic rings. The number of carboxylic acids is 1. The minimum atomic E-state index is -1.12. The number of hydrogen-bond acceptors (Lipinski definition) is 3. The van der Waals surface area contributed by atoms with Gasteiger partial charge in [-0.15, -0.1) is 5.10 Å². The predicted octanol–water partition coefficient (Wildman–Crippen LogP) is 3.16. The standard InChI is InChI=1S/C13H6BrF2N3O2/c14-7-4-11(9(16)5-8(7)15)19-12-3-6(13(20)21)1-2-10(12)17-18-19/h1-5H,(H,20,21). The Hall–Kier alpha value is -2.35. The van der Waals surface area contributed by atoms with Crippen molar-refractivity contribution in [3.63, 3.8) is 0 Å². The Morgan fingerprint density at radius 1 is 1.19 bits per heavy atom. The highest BCUT2D eigenvalue weighted by atomic mass is 79.9. The lowest BCUT2D eigenvalue weighted by Crippen LogP contribution is -2.02. The van der Waals surface area contributed by atoms with E-state index in [9.17, 15) is 13.6 Å². The van der Waals surface area contributed by atoms with Crippen molar-refractivity contribution in [2.45, 2.75) is 0 Å². The van der Waals surface area contributed by atoms with Gasteiger partial charge in [0.05, 0.1) is 15.6 Å². The number of fused-ring (bicyclic) bond motifs is 1. The topological polar surface area (TPSA) is 68.0 Å². The van der Waals surface area contributed by atoms with E-state index in [1.54, 1.807) is 0 Å². The maximum atomic E-state index is 13.9. The number of rotatable bonds is 2. The third-order valence-corrected chi connectivity index (χ3v) is 3.52. The van der Waals surface area contributed by atoms with Crippen molar-refractivity contribution in [1.82, 2.24) is 15.0 Å². The van der Waals surface area contributed by atoms with Gasteiger partial charge in [-0.25, -0.2) is 18.3 Å². The summed E-state index contributed by atoms with van der Waals surface area (Å²) in [6.45, 7) is 0. The van der Waals surface area contributed by atoms with Gasteiger partial charge in [-0.2, -0.15) is 0 Å². The van der Waals surface area contributed by atoms with Crippen molar-refractivity contribution in [2.75, 3.05) is 0 Å². The molecular weight excluding hydrogens is 348 g/mol. The first-order valence-corrected chi connectivity index (χ1v) is 6.50. The molecule has 8 heteroatoms. The molecule has 1 N–H and O–H groups in total. The van der Waals surface area contributed by atoms with Crippen LogP contribution in [0.15, 0.2) is 34.8 Å². The van der Waals surface area contributed by atoms with Crippen LogP contribution in [-0.4, -0.2) is 26.1 Å². The van der Waals surface area contributed by atoms with E-state index in [2.05, 4.69) is 26.2 Å². The molecule has 0 radical (unpaired) electrons. The molecule has 106 valence electrons. The van der Waals surface area contributed by atoms with Gasteiger partial charge in [0.1, 0.15) is 17.0 Å². The van der Waals surface area contributed by atoms with E-state index in [1.807, 2.05) is 0 Å². The highest BCUT2D eigenvalue weighted by Crippen LogP contribution is 2.25. The van der Waals surface area contributed by atoms with Crippen LogP contribution in [0, 0.1) is 11.6 Å². The molecule has 0 amide bonds. The molecule has 21 heavy (non-hydrogen) atoms. The molecular formula is C13H6BrF2N3O2. The minimum absolute atomic E-state index is 0.0210. The molecule has 0 aliphatic carbocycles. The largest absolute Gasteiger partial charge is 0.478 e. The highest BCUT2D eigenvalue weighted by Gasteiger charge is 2.15. The van der Waals surface area contributed by atoms with E-state index in [-0.39, 0.29) is 15.7 Å². The van der Waals surface area contributed by atoms with Crippen molar-refractivity contribution in [3.05, 3.63) is 52.0 Å². The Morgan fingerprint density at radius 2 is 1.95 bits per heavy atom. The van der Waals surface area contributed by atoms with Gasteiger partial charge in [-0.1, -0.05) is 5.21 Å². The van der Waals surface area contributed by atoms with Crippen LogP contribution < -0.4 is 0 Å². The lowest BCUT2D eigenvalue weighted by Gasteiger charge is -2.06. The summed E-state index contributed by atoms with van der Waals surface area (Å²) in [4.78, 5) is 11.0. The average Bonchev–Trinajstić information content (AvgIpc) is 2.85. The zero-order valence-electron chi connectivity index (χ0n) is 10.2. The quantitative estimate of drug-likeness (QED) is 0.718. The van der Waals surface area contributed by atoms with Crippen molar-refractivity contribution in [3.8, 4) is 5.69 Å². The molecule has 0 saturated carbocycles. The van der Waals surface area contributed by atoms with E-state index in [1.165, 1.54) is 24.3 Å². The molecule has 5 nitrogen and oxygen atoms in total. The number of carboxylic acid groups (broad SMARTS) is 1. The van der Waals surface area contributed by atoms with Crippen LogP contribution in [0.5, 0.6) is 0 Å². The summed E-state index contributed by atoms with van der Waals surface area (Å²) >= 11 is 2.97. The van der Waals surface area contributed by atoms with E-state index in [0.717, 1.165) is 4.68 Å². The summed E-state index contributed by atoms with van der Waals surface area (Å²) < 4.78 is 28.4. The van der Waals surface area contributed by atoms with Gasteiger partial charge in [0.2, 0.25) is 0 Å². The van der Waals surface area contributed by atoms with Gasteiger partial charge in [-0.3, -0.25) is 0 Å². The summed E-state index contributed by atoms with van der Waals surface area (Å²) in [7, 11) is 0. The van der Waals surface area contributed by atoms with Crippen LogP contribution in [0.4, 0.5) is 8.78 Å². The van der Waals surface area contributed by atoms with Gasteiger partial charge in [0, 0.05) is 6.07 Å². The Balaban J connectivity index is 2.27. The predicted molar refractivity (Wildman–Crippen MR) is 73.4 cm³/mol. The monoisotopic (exact) mass is 353 g/mol. The van der Waals surface area contributed by atoms with Gasteiger partial charge in [0.25, 0.3) is 0 Å². The van der Waals surface area contributed by atoms with Crippen molar-refractivity contribution >= 4 is 32.9 Å². The first-order chi connectivity index (χ1) is 9.97. The fourth-order valence-electron chi connectivity index (χ4n) is 1.90. The van der Waals surface area contributed by atoms with E-state index in [0.29, 0.717) is 17.1 Å². The van der Waals surface area contributed by atoms with Crippen LogP contribution in [0.1, 0.15) is 10.4 Å². The number of halogens is 3. The molecule has 1 aromatic heterocycles. The molecule has 1 heterocycles. The zero-order chi connectivity index (χ0) is 15.1. The molecule has 0 atom stereocenters. The first-order valence-electron chi connectivity index (χ1n) is 5.71. The van der Waals surface area contributed by atoms with E-state index in [4.69, 9.17) is 5.11 Å². The zero-order valence-corrected chi connectivity index (χ0v) is 11.8. The smallest absolute Gasteiger partial charge is 0.335 e. The van der Waals surface area contributed by atoms with Crippen molar-refractivity contribution in [1.29, 1.82) is 0 Å². The molecule has 3 aromatic rings. The molecule has 0 aliphatic heterocycles. The third-order valence-electron chi connectivity index (χ3n) is 2.91. The molecule has 0 unspecified atom stereocenters. The minimum Gasteiger partial charge on any atom is -0.478 e. The molecule has 0 bridgehead atoms. The molecule has 0 spiro atoms. The lowest BCUT2D eigenvalue weighted by atomic mass is 10.2. The second-order valence-electron chi connectivity index (χ2n) is 4.23. The van der Waals surface area contributed by atoms with E-state index >= 15 is 0 Å². The van der Waals surface area contributed by atoms with Crippen molar-refractivity contribution in [2.24, 2.45) is 0 Å². The molecule has 3 rings (SSSR count). The van der Waals surface area contributed by atoms with Gasteiger partial charge < -0.3 is 5.11 Å². The third kappa shape index (κ3) is 2.27. The summed E-state index contributed by atoms with van der Waals surface area (Å²) in [5.41, 5.74) is 0.702. The van der Waals surface area contributed by atoms with Gasteiger partial charge in [0.15, 0.2) is 5.82 Å². The van der Waals surface area contributed by atoms with Crippen LogP contribution in [-0.2, 0) is 0 Å². The second-order valence-corrected chi connectivity index (χ2v) is 5.08. The van der Waals surface area contributed by atoms with Crippen LogP contribution in [0.25, 0.3) is 16.7 Å².